The predicted octanol–water partition coefficient (Wildman–Crippen LogP) is 5.09. The first kappa shape index (κ1) is 21.8. The molecule has 1 unspecified atom stereocenters. The Bertz CT molecular complexity index is 917. The molecule has 2 aliphatic rings. The summed E-state index contributed by atoms with van der Waals surface area (Å²) in [6.07, 6.45) is 7.13. The van der Waals surface area contributed by atoms with Gasteiger partial charge in [0.1, 0.15) is 0 Å². The van der Waals surface area contributed by atoms with Gasteiger partial charge in [0.15, 0.2) is 0 Å². The van der Waals surface area contributed by atoms with Gasteiger partial charge in [-0.15, -0.1) is 0 Å². The first-order valence-electron chi connectivity index (χ1n) is 11.1. The molecule has 0 bridgehead atoms. The molecule has 1 aliphatic heterocycles. The molecule has 2 aromatic carbocycles. The molecule has 1 saturated carbocycles. The fraction of sp³-hybridized carbons (Fsp3) is 0.440. The van der Waals surface area contributed by atoms with Crippen molar-refractivity contribution in [1.29, 1.82) is 0 Å². The van der Waals surface area contributed by atoms with Crippen LogP contribution in [0.3, 0.4) is 0 Å². The molecule has 0 aromatic heterocycles. The minimum absolute atomic E-state index is 0.0931. The van der Waals surface area contributed by atoms with Gasteiger partial charge in [-0.1, -0.05) is 55.1 Å². The van der Waals surface area contributed by atoms with Gasteiger partial charge in [0.25, 0.3) is 5.91 Å². The number of carbonyl (C=O) groups is 2. The maximum atomic E-state index is 13.3. The zero-order valence-corrected chi connectivity index (χ0v) is 18.4. The van der Waals surface area contributed by atoms with Crippen LogP contribution < -0.4 is 10.6 Å². The molecule has 4 rings (SSSR count). The number of benzene rings is 2. The van der Waals surface area contributed by atoms with E-state index >= 15 is 0 Å². The Labute approximate surface area is 188 Å². The van der Waals surface area contributed by atoms with Crippen molar-refractivity contribution in [3.63, 3.8) is 0 Å². The minimum Gasteiger partial charge on any atom is -0.376 e. The van der Waals surface area contributed by atoms with Crippen LogP contribution in [0, 0.1) is 0 Å². The van der Waals surface area contributed by atoms with Crippen molar-refractivity contribution < 1.29 is 14.3 Å². The molecule has 2 N–H and O–H groups in total. The molecule has 2 aromatic rings. The zero-order chi connectivity index (χ0) is 21.7. The van der Waals surface area contributed by atoms with Gasteiger partial charge in [0, 0.05) is 18.8 Å². The second kappa shape index (κ2) is 9.84. The summed E-state index contributed by atoms with van der Waals surface area (Å²) in [5, 5.41) is 6.47. The van der Waals surface area contributed by atoms with Crippen molar-refractivity contribution in [3.8, 4) is 0 Å². The maximum Gasteiger partial charge on any atom is 0.257 e. The Balaban J connectivity index is 1.48. The van der Waals surface area contributed by atoms with Gasteiger partial charge in [-0.25, -0.2) is 0 Å². The van der Waals surface area contributed by atoms with E-state index < -0.39 is 5.41 Å². The number of amides is 2. The lowest BCUT2D eigenvalue weighted by Gasteiger charge is -2.36. The molecule has 0 radical (unpaired) electrons. The van der Waals surface area contributed by atoms with Gasteiger partial charge in [0.2, 0.25) is 5.91 Å². The van der Waals surface area contributed by atoms with Crippen LogP contribution in [0.2, 0.25) is 5.02 Å². The topological polar surface area (TPSA) is 67.4 Å². The highest BCUT2D eigenvalue weighted by atomic mass is 35.5. The van der Waals surface area contributed by atoms with E-state index in [1.54, 1.807) is 24.3 Å². The van der Waals surface area contributed by atoms with Crippen LogP contribution in [0.4, 0.5) is 5.69 Å². The molecule has 1 aliphatic carbocycles. The van der Waals surface area contributed by atoms with Crippen LogP contribution in [0.1, 0.15) is 60.9 Å². The Morgan fingerprint density at radius 1 is 1.00 bits per heavy atom. The third-order valence-corrected chi connectivity index (χ3v) is 6.80. The van der Waals surface area contributed by atoms with Gasteiger partial charge in [-0.3, -0.25) is 9.59 Å². The van der Waals surface area contributed by atoms with Crippen molar-refractivity contribution in [2.24, 2.45) is 0 Å². The molecular weight excluding hydrogens is 412 g/mol. The average molecular weight is 441 g/mol. The monoisotopic (exact) mass is 440 g/mol. The Morgan fingerprint density at radius 3 is 2.42 bits per heavy atom. The second-order valence-electron chi connectivity index (χ2n) is 8.50. The van der Waals surface area contributed by atoms with Crippen LogP contribution in [-0.4, -0.2) is 31.1 Å². The molecule has 0 spiro atoms. The summed E-state index contributed by atoms with van der Waals surface area (Å²) >= 11 is 6.13. The van der Waals surface area contributed by atoms with Crippen LogP contribution in [-0.2, 0) is 14.9 Å². The van der Waals surface area contributed by atoms with E-state index in [1.807, 2.05) is 24.3 Å². The molecule has 31 heavy (non-hydrogen) atoms. The number of anilines is 1. The Kier molecular flexibility index (Phi) is 6.93. The van der Waals surface area contributed by atoms with E-state index in [2.05, 4.69) is 10.6 Å². The molecule has 6 heteroatoms. The molecular formula is C25H29ClN2O3. The summed E-state index contributed by atoms with van der Waals surface area (Å²) in [6, 6.07) is 14.6. The van der Waals surface area contributed by atoms with E-state index in [0.29, 0.717) is 22.8 Å². The molecule has 2 fully saturated rings. The Morgan fingerprint density at radius 2 is 1.74 bits per heavy atom. The van der Waals surface area contributed by atoms with Gasteiger partial charge in [0.05, 0.1) is 22.1 Å². The fourth-order valence-electron chi connectivity index (χ4n) is 4.70. The minimum atomic E-state index is -0.512. The number of ether oxygens (including phenoxy) is 1. The lowest BCUT2D eigenvalue weighted by molar-refractivity contribution is -0.128. The SMILES string of the molecule is O=C(Nc1ccc(C2(C(=O)NCC3CCCO3)CCCCC2)cc1)c1ccccc1Cl. The van der Waals surface area contributed by atoms with Gasteiger partial charge in [-0.2, -0.15) is 0 Å². The van der Waals surface area contributed by atoms with Crippen LogP contribution in [0.25, 0.3) is 0 Å². The fourth-order valence-corrected chi connectivity index (χ4v) is 4.92. The summed E-state index contributed by atoms with van der Waals surface area (Å²) in [5.41, 5.74) is 1.61. The molecule has 1 heterocycles. The van der Waals surface area contributed by atoms with Crippen molar-refractivity contribution in [1.82, 2.24) is 5.32 Å². The van der Waals surface area contributed by atoms with E-state index in [0.717, 1.165) is 57.1 Å². The number of hydrogen-bond donors (Lipinski definition) is 2. The number of halogens is 1. The second-order valence-corrected chi connectivity index (χ2v) is 8.91. The van der Waals surface area contributed by atoms with Crippen molar-refractivity contribution >= 4 is 29.1 Å². The lowest BCUT2D eigenvalue weighted by Crippen LogP contribution is -2.47. The summed E-state index contributed by atoms with van der Waals surface area (Å²) in [6.45, 7) is 1.36. The molecule has 164 valence electrons. The van der Waals surface area contributed by atoms with Crippen molar-refractivity contribution in [2.75, 3.05) is 18.5 Å². The molecule has 2 amide bonds. The average Bonchev–Trinajstić information content (AvgIpc) is 3.32. The summed E-state index contributed by atoms with van der Waals surface area (Å²) in [4.78, 5) is 25.8. The standard InChI is InChI=1S/C25H29ClN2O3/c26-22-9-3-2-8-21(22)23(29)28-19-12-10-18(11-13-19)25(14-4-1-5-15-25)24(30)27-17-20-7-6-16-31-20/h2-3,8-13,20H,1,4-7,14-17H2,(H,27,30)(H,28,29). The first-order valence-corrected chi connectivity index (χ1v) is 11.5. The van der Waals surface area contributed by atoms with Crippen molar-refractivity contribution in [3.05, 3.63) is 64.7 Å². The third-order valence-electron chi connectivity index (χ3n) is 6.47. The smallest absolute Gasteiger partial charge is 0.257 e. The Hall–Kier alpha value is -2.37. The quantitative estimate of drug-likeness (QED) is 0.657. The normalized spacial score (nSPS) is 20.2. The van der Waals surface area contributed by atoms with E-state index in [1.165, 1.54) is 0 Å². The number of rotatable bonds is 6. The van der Waals surface area contributed by atoms with Gasteiger partial charge in [-0.05, 0) is 55.5 Å². The van der Waals surface area contributed by atoms with Gasteiger partial charge < -0.3 is 15.4 Å². The number of hydrogen-bond acceptors (Lipinski definition) is 3. The number of carbonyl (C=O) groups excluding carboxylic acids is 2. The predicted molar refractivity (Wildman–Crippen MR) is 123 cm³/mol. The summed E-state index contributed by atoms with van der Waals surface area (Å²) in [7, 11) is 0. The first-order chi connectivity index (χ1) is 15.1. The largest absolute Gasteiger partial charge is 0.376 e. The zero-order valence-electron chi connectivity index (χ0n) is 17.7. The van der Waals surface area contributed by atoms with E-state index in [-0.39, 0.29) is 17.9 Å². The third kappa shape index (κ3) is 4.94. The van der Waals surface area contributed by atoms with Crippen molar-refractivity contribution in [2.45, 2.75) is 56.5 Å². The molecule has 1 saturated heterocycles. The van der Waals surface area contributed by atoms with Crippen LogP contribution in [0.15, 0.2) is 48.5 Å². The maximum absolute atomic E-state index is 13.3. The van der Waals surface area contributed by atoms with E-state index in [4.69, 9.17) is 16.3 Å². The highest BCUT2D eigenvalue weighted by molar-refractivity contribution is 6.34. The summed E-state index contributed by atoms with van der Waals surface area (Å²) in [5.74, 6) is -0.157. The lowest BCUT2D eigenvalue weighted by atomic mass is 9.68. The van der Waals surface area contributed by atoms with E-state index in [9.17, 15) is 9.59 Å². The van der Waals surface area contributed by atoms with Crippen LogP contribution in [0.5, 0.6) is 0 Å². The van der Waals surface area contributed by atoms with Crippen LogP contribution >= 0.6 is 11.6 Å². The summed E-state index contributed by atoms with van der Waals surface area (Å²) < 4.78 is 5.66. The van der Waals surface area contributed by atoms with Gasteiger partial charge >= 0.3 is 0 Å². The highest BCUT2D eigenvalue weighted by Crippen LogP contribution is 2.40. The number of nitrogens with one attached hydrogen (secondary N) is 2. The highest BCUT2D eigenvalue weighted by Gasteiger charge is 2.41. The molecule has 5 nitrogen and oxygen atoms in total. The molecule has 1 atom stereocenters.